The van der Waals surface area contributed by atoms with Gasteiger partial charge in [0.25, 0.3) is 0 Å². The smallest absolute Gasteiger partial charge is 0.234 e. The fraction of sp³-hybridized carbons (Fsp3) is 0.318. The molecular weight excluding hydrogens is 398 g/mol. The number of anilines is 1. The van der Waals surface area contributed by atoms with Crippen LogP contribution in [0.25, 0.3) is 0 Å². The van der Waals surface area contributed by atoms with Crippen molar-refractivity contribution in [2.45, 2.75) is 45.4 Å². The number of benzene rings is 2. The van der Waals surface area contributed by atoms with E-state index in [1.165, 1.54) is 16.4 Å². The van der Waals surface area contributed by atoms with Crippen molar-refractivity contribution >= 4 is 23.4 Å². The van der Waals surface area contributed by atoms with Crippen LogP contribution >= 0.6 is 11.8 Å². The van der Waals surface area contributed by atoms with Gasteiger partial charge in [-0.25, -0.2) is 4.68 Å². The number of aromatic nitrogens is 3. The maximum atomic E-state index is 12.2. The van der Waals surface area contributed by atoms with Crippen molar-refractivity contribution in [3.63, 3.8) is 0 Å². The Balaban J connectivity index is 1.58. The molecule has 0 spiro atoms. The highest BCUT2D eigenvalue weighted by molar-refractivity contribution is 7.99. The van der Waals surface area contributed by atoms with E-state index in [-0.39, 0.29) is 18.3 Å². The Bertz CT molecular complexity index is 1030. The Morgan fingerprint density at radius 2 is 1.93 bits per heavy atom. The van der Waals surface area contributed by atoms with Crippen LogP contribution in [-0.2, 0) is 11.4 Å². The molecule has 0 radical (unpaired) electrons. The highest BCUT2D eigenvalue weighted by atomic mass is 32.2. The maximum Gasteiger partial charge on any atom is 0.234 e. The zero-order chi connectivity index (χ0) is 21.7. The SMILES string of the molecule is Cc1cccc(NC(=O)CSc2nnc(COc3cc(C)ccc3C(C)C)n2N)c1. The molecule has 0 saturated carbocycles. The Labute approximate surface area is 181 Å². The third kappa shape index (κ3) is 5.54. The van der Waals surface area contributed by atoms with E-state index < -0.39 is 0 Å². The van der Waals surface area contributed by atoms with E-state index in [4.69, 9.17) is 10.6 Å². The van der Waals surface area contributed by atoms with Crippen molar-refractivity contribution in [1.29, 1.82) is 0 Å². The van der Waals surface area contributed by atoms with Gasteiger partial charge in [-0.3, -0.25) is 4.79 Å². The normalized spacial score (nSPS) is 11.0. The molecule has 3 N–H and O–H groups in total. The minimum Gasteiger partial charge on any atom is -0.485 e. The molecule has 3 rings (SSSR count). The van der Waals surface area contributed by atoms with Crippen molar-refractivity contribution in [1.82, 2.24) is 14.9 Å². The average Bonchev–Trinajstić information content (AvgIpc) is 3.04. The summed E-state index contributed by atoms with van der Waals surface area (Å²) in [4.78, 5) is 12.2. The van der Waals surface area contributed by atoms with Gasteiger partial charge >= 0.3 is 0 Å². The van der Waals surface area contributed by atoms with Crippen molar-refractivity contribution in [3.05, 3.63) is 65.0 Å². The van der Waals surface area contributed by atoms with E-state index in [9.17, 15) is 4.79 Å². The van der Waals surface area contributed by atoms with E-state index in [1.807, 2.05) is 44.2 Å². The van der Waals surface area contributed by atoms with E-state index in [1.54, 1.807) is 0 Å². The third-order valence-corrected chi connectivity index (χ3v) is 5.46. The second-order valence-corrected chi connectivity index (χ2v) is 8.40. The molecule has 1 heterocycles. The van der Waals surface area contributed by atoms with Gasteiger partial charge in [0.15, 0.2) is 5.82 Å². The second-order valence-electron chi connectivity index (χ2n) is 7.46. The molecule has 0 unspecified atom stereocenters. The number of ether oxygens (including phenoxy) is 1. The maximum absolute atomic E-state index is 12.2. The fourth-order valence-corrected chi connectivity index (χ4v) is 3.62. The molecule has 3 aromatic rings. The molecular formula is C22H27N5O2S. The van der Waals surface area contributed by atoms with Crippen LogP contribution in [0, 0.1) is 13.8 Å². The molecule has 1 amide bonds. The number of carbonyl (C=O) groups is 1. The molecule has 0 aliphatic carbocycles. The number of aryl methyl sites for hydroxylation is 2. The summed E-state index contributed by atoms with van der Waals surface area (Å²) >= 11 is 1.23. The lowest BCUT2D eigenvalue weighted by Crippen LogP contribution is -2.18. The Kier molecular flexibility index (Phi) is 6.99. The summed E-state index contributed by atoms with van der Waals surface area (Å²) in [6.45, 7) is 8.45. The van der Waals surface area contributed by atoms with Crippen LogP contribution in [0.15, 0.2) is 47.6 Å². The number of hydrogen-bond acceptors (Lipinski definition) is 6. The largest absolute Gasteiger partial charge is 0.485 e. The molecule has 0 saturated heterocycles. The van der Waals surface area contributed by atoms with Gasteiger partial charge < -0.3 is 15.9 Å². The average molecular weight is 426 g/mol. The Morgan fingerprint density at radius 3 is 2.67 bits per heavy atom. The van der Waals surface area contributed by atoms with Crippen LogP contribution in [0.4, 0.5) is 5.69 Å². The number of nitrogens with zero attached hydrogens (tertiary/aromatic N) is 3. The monoisotopic (exact) mass is 425 g/mol. The van der Waals surface area contributed by atoms with Gasteiger partial charge in [0.05, 0.1) is 5.75 Å². The summed E-state index contributed by atoms with van der Waals surface area (Å²) in [6.07, 6.45) is 0. The summed E-state index contributed by atoms with van der Waals surface area (Å²) in [5, 5.41) is 11.5. The highest BCUT2D eigenvalue weighted by Gasteiger charge is 2.15. The van der Waals surface area contributed by atoms with Crippen molar-refractivity contribution in [2.75, 3.05) is 16.9 Å². The van der Waals surface area contributed by atoms with Gasteiger partial charge in [0.1, 0.15) is 12.4 Å². The summed E-state index contributed by atoms with van der Waals surface area (Å²) < 4.78 is 7.35. The lowest BCUT2D eigenvalue weighted by atomic mass is 10.0. The van der Waals surface area contributed by atoms with Crippen LogP contribution < -0.4 is 15.9 Å². The molecule has 8 heteroatoms. The Morgan fingerprint density at radius 1 is 1.17 bits per heavy atom. The number of rotatable bonds is 8. The second kappa shape index (κ2) is 9.67. The first-order chi connectivity index (χ1) is 14.3. The fourth-order valence-electron chi connectivity index (χ4n) is 2.94. The summed E-state index contributed by atoms with van der Waals surface area (Å²) in [5.74, 6) is 7.82. The van der Waals surface area contributed by atoms with E-state index in [2.05, 4.69) is 41.5 Å². The number of thioether (sulfide) groups is 1. The van der Waals surface area contributed by atoms with Gasteiger partial charge in [0.2, 0.25) is 11.1 Å². The zero-order valence-corrected chi connectivity index (χ0v) is 18.5. The minimum absolute atomic E-state index is 0.132. The molecule has 158 valence electrons. The lowest BCUT2D eigenvalue weighted by molar-refractivity contribution is -0.113. The number of hydrogen-bond donors (Lipinski definition) is 2. The molecule has 0 bridgehead atoms. The summed E-state index contributed by atoms with van der Waals surface area (Å²) in [7, 11) is 0. The molecule has 0 fully saturated rings. The molecule has 0 aliphatic rings. The minimum atomic E-state index is -0.132. The quantitative estimate of drug-likeness (QED) is 0.418. The van der Waals surface area contributed by atoms with Gasteiger partial charge in [-0.1, -0.05) is 49.9 Å². The summed E-state index contributed by atoms with van der Waals surface area (Å²) in [6, 6.07) is 13.8. The van der Waals surface area contributed by atoms with Gasteiger partial charge in [-0.05, 0) is 54.7 Å². The number of nitrogens with two attached hydrogens (primary N) is 1. The van der Waals surface area contributed by atoms with Crippen molar-refractivity contribution in [3.8, 4) is 5.75 Å². The zero-order valence-electron chi connectivity index (χ0n) is 17.7. The standard InChI is InChI=1S/C22H27N5O2S/c1-14(2)18-9-8-16(4)11-19(18)29-12-20-25-26-22(27(20)23)30-13-21(28)24-17-7-5-6-15(3)10-17/h5-11,14H,12-13,23H2,1-4H3,(H,24,28). The third-order valence-electron chi connectivity index (χ3n) is 4.52. The summed E-state index contributed by atoms with van der Waals surface area (Å²) in [5.41, 5.74) is 4.11. The first-order valence-electron chi connectivity index (χ1n) is 9.75. The highest BCUT2D eigenvalue weighted by Crippen LogP contribution is 2.28. The first kappa shape index (κ1) is 21.7. The number of amides is 1. The predicted octanol–water partition coefficient (Wildman–Crippen LogP) is 4.04. The predicted molar refractivity (Wildman–Crippen MR) is 120 cm³/mol. The molecule has 0 aliphatic heterocycles. The van der Waals surface area contributed by atoms with Gasteiger partial charge in [-0.2, -0.15) is 0 Å². The van der Waals surface area contributed by atoms with Crippen molar-refractivity contribution in [2.24, 2.45) is 0 Å². The first-order valence-corrected chi connectivity index (χ1v) is 10.7. The molecule has 2 aromatic carbocycles. The Hall–Kier alpha value is -3.00. The number of nitrogen functional groups attached to an aromatic ring is 1. The molecule has 0 atom stereocenters. The van der Waals surface area contributed by atoms with Crippen LogP contribution in [-0.4, -0.2) is 26.5 Å². The molecule has 30 heavy (non-hydrogen) atoms. The molecule has 7 nitrogen and oxygen atoms in total. The van der Waals surface area contributed by atoms with E-state index >= 15 is 0 Å². The van der Waals surface area contributed by atoms with E-state index in [0.29, 0.717) is 16.9 Å². The lowest BCUT2D eigenvalue weighted by Gasteiger charge is -2.14. The van der Waals surface area contributed by atoms with E-state index in [0.717, 1.165) is 28.1 Å². The van der Waals surface area contributed by atoms with Crippen LogP contribution in [0.3, 0.4) is 0 Å². The van der Waals surface area contributed by atoms with Gasteiger partial charge in [0, 0.05) is 5.69 Å². The molecule has 1 aromatic heterocycles. The van der Waals surface area contributed by atoms with Gasteiger partial charge in [-0.15, -0.1) is 10.2 Å². The van der Waals surface area contributed by atoms with Crippen LogP contribution in [0.5, 0.6) is 5.75 Å². The topological polar surface area (TPSA) is 95.1 Å². The number of nitrogens with one attached hydrogen (secondary N) is 1. The van der Waals surface area contributed by atoms with Crippen LogP contribution in [0.2, 0.25) is 0 Å². The van der Waals surface area contributed by atoms with Crippen LogP contribution in [0.1, 0.15) is 42.3 Å². The van der Waals surface area contributed by atoms with Crippen molar-refractivity contribution < 1.29 is 9.53 Å². The number of carbonyl (C=O) groups excluding carboxylic acids is 1.